The van der Waals surface area contributed by atoms with Crippen LogP contribution in [0.1, 0.15) is 44.6 Å². The normalized spacial score (nSPS) is 15.0. The van der Waals surface area contributed by atoms with Gasteiger partial charge in [0.2, 0.25) is 11.8 Å². The summed E-state index contributed by atoms with van der Waals surface area (Å²) in [6.07, 6.45) is 4.22. The number of unbranched alkanes of at least 4 members (excludes halogenated alkanes) is 1. The molecule has 2 heterocycles. The molecular formula is C31H42N4O6. The number of para-hydroxylation sites is 2. The Balaban J connectivity index is 1.10. The van der Waals surface area contributed by atoms with Crippen LogP contribution in [0.3, 0.4) is 0 Å². The fraction of sp³-hybridized carbons (Fsp3) is 0.516. The van der Waals surface area contributed by atoms with Crippen LogP contribution in [0.4, 0.5) is 11.4 Å². The topological polar surface area (TPSA) is 109 Å². The fourth-order valence-corrected chi connectivity index (χ4v) is 5.01. The van der Waals surface area contributed by atoms with Crippen molar-refractivity contribution in [3.8, 4) is 11.5 Å². The highest BCUT2D eigenvalue weighted by molar-refractivity contribution is 5.94. The van der Waals surface area contributed by atoms with Crippen molar-refractivity contribution in [2.45, 2.75) is 45.4 Å². The molecule has 0 unspecified atom stereocenters. The van der Waals surface area contributed by atoms with E-state index in [9.17, 15) is 14.4 Å². The molecule has 41 heavy (non-hydrogen) atoms. The number of rotatable bonds is 15. The zero-order chi connectivity index (χ0) is 28.9. The van der Waals surface area contributed by atoms with Crippen molar-refractivity contribution in [3.63, 3.8) is 0 Å². The number of nitrogens with zero attached hydrogens (tertiary/aromatic N) is 2. The van der Waals surface area contributed by atoms with Gasteiger partial charge in [0.25, 0.3) is 0 Å². The molecule has 2 aromatic rings. The highest BCUT2D eigenvalue weighted by Gasteiger charge is 2.20. The predicted octanol–water partition coefficient (Wildman–Crippen LogP) is 3.39. The summed E-state index contributed by atoms with van der Waals surface area (Å²) >= 11 is 0. The zero-order valence-electron chi connectivity index (χ0n) is 24.0. The molecule has 2 aromatic carbocycles. The SMILES string of the molecule is CCOC(=O)CNC(=O)CCCOc1ccccc1N1CCN(CCCCOc2ccc3c(c2)NC(=O)CC3)CC1. The second-order valence-corrected chi connectivity index (χ2v) is 10.3. The number of hydrogen-bond donors (Lipinski definition) is 2. The lowest BCUT2D eigenvalue weighted by atomic mass is 10.0. The Hall–Kier alpha value is -3.79. The Labute approximate surface area is 242 Å². The van der Waals surface area contributed by atoms with Gasteiger partial charge >= 0.3 is 5.97 Å². The second kappa shape index (κ2) is 15.9. The van der Waals surface area contributed by atoms with Crippen LogP contribution in [-0.2, 0) is 25.5 Å². The summed E-state index contributed by atoms with van der Waals surface area (Å²) in [7, 11) is 0. The maximum absolute atomic E-state index is 11.9. The van der Waals surface area contributed by atoms with E-state index < -0.39 is 5.97 Å². The number of piperazine rings is 1. The third-order valence-corrected chi connectivity index (χ3v) is 7.23. The number of carbonyl (C=O) groups is 3. The van der Waals surface area contributed by atoms with Crippen LogP contribution in [0.15, 0.2) is 42.5 Å². The van der Waals surface area contributed by atoms with E-state index in [-0.39, 0.29) is 24.8 Å². The minimum atomic E-state index is -0.431. The first-order chi connectivity index (χ1) is 20.0. The van der Waals surface area contributed by atoms with Gasteiger partial charge in [-0.1, -0.05) is 18.2 Å². The third kappa shape index (κ3) is 9.67. The third-order valence-electron chi connectivity index (χ3n) is 7.23. The smallest absolute Gasteiger partial charge is 0.325 e. The number of aryl methyl sites for hydroxylation is 1. The molecule has 0 atom stereocenters. The molecule has 2 amide bonds. The summed E-state index contributed by atoms with van der Waals surface area (Å²) in [5.41, 5.74) is 3.12. The van der Waals surface area contributed by atoms with Gasteiger partial charge in [-0.2, -0.15) is 0 Å². The number of esters is 1. The van der Waals surface area contributed by atoms with E-state index in [1.165, 1.54) is 5.56 Å². The fourth-order valence-electron chi connectivity index (χ4n) is 5.01. The number of carbonyl (C=O) groups excluding carboxylic acids is 3. The van der Waals surface area contributed by atoms with Crippen molar-refractivity contribution in [3.05, 3.63) is 48.0 Å². The number of anilines is 2. The average molecular weight is 567 g/mol. The van der Waals surface area contributed by atoms with Crippen LogP contribution in [0.5, 0.6) is 11.5 Å². The van der Waals surface area contributed by atoms with E-state index in [0.717, 1.165) is 74.9 Å². The van der Waals surface area contributed by atoms with Crippen LogP contribution in [0.25, 0.3) is 0 Å². The first-order valence-corrected chi connectivity index (χ1v) is 14.7. The quantitative estimate of drug-likeness (QED) is 0.250. The number of nitrogens with one attached hydrogen (secondary N) is 2. The maximum atomic E-state index is 11.9. The van der Waals surface area contributed by atoms with Gasteiger partial charge < -0.3 is 29.7 Å². The molecule has 0 spiro atoms. The number of ether oxygens (including phenoxy) is 3. The molecule has 0 radical (unpaired) electrons. The molecule has 4 rings (SSSR count). The van der Waals surface area contributed by atoms with E-state index in [1.807, 2.05) is 36.4 Å². The van der Waals surface area contributed by atoms with Crippen LogP contribution >= 0.6 is 0 Å². The van der Waals surface area contributed by atoms with Gasteiger partial charge in [0.05, 0.1) is 25.5 Å². The Morgan fingerprint density at radius 1 is 0.951 bits per heavy atom. The van der Waals surface area contributed by atoms with Crippen molar-refractivity contribution in [2.24, 2.45) is 0 Å². The van der Waals surface area contributed by atoms with Crippen LogP contribution in [0.2, 0.25) is 0 Å². The molecule has 1 fully saturated rings. The Kier molecular flexibility index (Phi) is 11.7. The van der Waals surface area contributed by atoms with Gasteiger partial charge in [0, 0.05) is 50.8 Å². The summed E-state index contributed by atoms with van der Waals surface area (Å²) in [6, 6.07) is 14.0. The molecule has 2 aliphatic heterocycles. The lowest BCUT2D eigenvalue weighted by Crippen LogP contribution is -2.46. The monoisotopic (exact) mass is 566 g/mol. The minimum Gasteiger partial charge on any atom is -0.494 e. The number of amides is 2. The van der Waals surface area contributed by atoms with Gasteiger partial charge in [-0.05, 0) is 62.9 Å². The lowest BCUT2D eigenvalue weighted by Gasteiger charge is -2.36. The van der Waals surface area contributed by atoms with Crippen molar-refractivity contribution in [1.82, 2.24) is 10.2 Å². The number of hydrogen-bond acceptors (Lipinski definition) is 8. The summed E-state index contributed by atoms with van der Waals surface area (Å²) in [5, 5.41) is 5.50. The van der Waals surface area contributed by atoms with Gasteiger partial charge in [-0.25, -0.2) is 0 Å². The van der Waals surface area contributed by atoms with Gasteiger partial charge in [-0.3, -0.25) is 19.3 Å². The minimum absolute atomic E-state index is 0.0667. The van der Waals surface area contributed by atoms with Gasteiger partial charge in [0.1, 0.15) is 18.0 Å². The van der Waals surface area contributed by atoms with Crippen LogP contribution in [0, 0.1) is 0 Å². The standard InChI is InChI=1S/C31H42N4O6/c1-2-39-31(38)23-32-29(36)10-7-21-41-28-9-4-3-8-27(28)35-18-16-34(17-19-35)15-5-6-20-40-25-13-11-24-12-14-30(37)33-26(24)22-25/h3-4,8-9,11,13,22H,2,5-7,10,12,14-21,23H2,1H3,(H,32,36)(H,33,37). The Morgan fingerprint density at radius 3 is 2.59 bits per heavy atom. The first kappa shape index (κ1) is 30.2. The van der Waals surface area contributed by atoms with Gasteiger partial charge in [0.15, 0.2) is 0 Å². The van der Waals surface area contributed by atoms with Crippen molar-refractivity contribution >= 4 is 29.2 Å². The van der Waals surface area contributed by atoms with E-state index in [0.29, 0.717) is 32.7 Å². The predicted molar refractivity (Wildman–Crippen MR) is 158 cm³/mol. The zero-order valence-corrected chi connectivity index (χ0v) is 24.0. The molecule has 1 saturated heterocycles. The second-order valence-electron chi connectivity index (χ2n) is 10.3. The number of benzene rings is 2. The van der Waals surface area contributed by atoms with E-state index in [2.05, 4.69) is 26.5 Å². The first-order valence-electron chi connectivity index (χ1n) is 14.7. The Bertz CT molecular complexity index is 1170. The molecular weight excluding hydrogens is 524 g/mol. The summed E-state index contributed by atoms with van der Waals surface area (Å²) < 4.78 is 16.8. The number of fused-ring (bicyclic) bond motifs is 1. The Morgan fingerprint density at radius 2 is 1.76 bits per heavy atom. The summed E-state index contributed by atoms with van der Waals surface area (Å²) in [6.45, 7) is 7.86. The van der Waals surface area contributed by atoms with Crippen molar-refractivity contribution in [1.29, 1.82) is 0 Å². The molecule has 0 saturated carbocycles. The molecule has 10 heteroatoms. The summed E-state index contributed by atoms with van der Waals surface area (Å²) in [5.74, 6) is 1.08. The van der Waals surface area contributed by atoms with Crippen LogP contribution in [-0.4, -0.2) is 81.8 Å². The molecule has 0 bridgehead atoms. The maximum Gasteiger partial charge on any atom is 0.325 e. The summed E-state index contributed by atoms with van der Waals surface area (Å²) in [4.78, 5) is 39.8. The lowest BCUT2D eigenvalue weighted by molar-refractivity contribution is -0.143. The molecule has 0 aliphatic carbocycles. The van der Waals surface area contributed by atoms with E-state index in [4.69, 9.17) is 14.2 Å². The van der Waals surface area contributed by atoms with Crippen molar-refractivity contribution in [2.75, 3.05) is 69.3 Å². The largest absolute Gasteiger partial charge is 0.494 e. The molecule has 10 nitrogen and oxygen atoms in total. The van der Waals surface area contributed by atoms with E-state index >= 15 is 0 Å². The van der Waals surface area contributed by atoms with Crippen molar-refractivity contribution < 1.29 is 28.6 Å². The molecule has 222 valence electrons. The molecule has 0 aromatic heterocycles. The average Bonchev–Trinajstić information content (AvgIpc) is 2.98. The molecule has 2 aliphatic rings. The molecule has 2 N–H and O–H groups in total. The van der Waals surface area contributed by atoms with Gasteiger partial charge in [-0.15, -0.1) is 0 Å². The highest BCUT2D eigenvalue weighted by Crippen LogP contribution is 2.29. The van der Waals surface area contributed by atoms with E-state index in [1.54, 1.807) is 6.92 Å². The highest BCUT2D eigenvalue weighted by atomic mass is 16.5. The van der Waals surface area contributed by atoms with Crippen LogP contribution < -0.4 is 25.0 Å².